The molecule has 0 saturated heterocycles. The van der Waals surface area contributed by atoms with Gasteiger partial charge in [0.15, 0.2) is 0 Å². The Bertz CT molecular complexity index is 670. The number of carbonyl (C=O) groups is 1. The molecule has 0 N–H and O–H groups in total. The first-order valence-electron chi connectivity index (χ1n) is 6.58. The fraction of sp³-hybridized carbons (Fsp3) is 0.500. The highest BCUT2D eigenvalue weighted by Crippen LogP contribution is 2.22. The number of fused-ring (bicyclic) bond motifs is 1. The molecule has 0 aromatic carbocycles. The van der Waals surface area contributed by atoms with Gasteiger partial charge in [0.2, 0.25) is 0 Å². The number of ketones is 1. The van der Waals surface area contributed by atoms with E-state index in [1.165, 1.54) is 4.88 Å². The molecule has 2 rings (SSSR count). The van der Waals surface area contributed by atoms with E-state index >= 15 is 0 Å². The maximum atomic E-state index is 12.5. The Labute approximate surface area is 116 Å². The molecule has 0 bridgehead atoms. The minimum atomic E-state index is -0.0148. The molecule has 0 unspecified atom stereocenters. The predicted octanol–water partition coefficient (Wildman–Crippen LogP) is 2.56. The zero-order chi connectivity index (χ0) is 14.0. The standard InChI is InChI=1S/C14H18N2O2S/c1-4-10-8-11-13(19-10)15-12(5-2)16(14(11)18)7-6-9(3)17/h8H,4-7H2,1-3H3. The molecule has 0 fully saturated rings. The van der Waals surface area contributed by atoms with Gasteiger partial charge in [0.25, 0.3) is 5.56 Å². The van der Waals surface area contributed by atoms with E-state index in [0.717, 1.165) is 17.1 Å². The summed E-state index contributed by atoms with van der Waals surface area (Å²) in [5.41, 5.74) is -0.0148. The van der Waals surface area contributed by atoms with E-state index in [2.05, 4.69) is 11.9 Å². The maximum Gasteiger partial charge on any atom is 0.262 e. The van der Waals surface area contributed by atoms with Crippen LogP contribution in [0.2, 0.25) is 0 Å². The summed E-state index contributed by atoms with van der Waals surface area (Å²) < 4.78 is 1.65. The summed E-state index contributed by atoms with van der Waals surface area (Å²) in [6, 6.07) is 1.93. The lowest BCUT2D eigenvalue weighted by Gasteiger charge is -2.09. The van der Waals surface area contributed by atoms with Crippen LogP contribution in [0.5, 0.6) is 0 Å². The molecule has 5 heteroatoms. The Morgan fingerprint density at radius 1 is 1.37 bits per heavy atom. The van der Waals surface area contributed by atoms with Gasteiger partial charge in [0, 0.05) is 24.3 Å². The molecule has 0 aliphatic rings. The van der Waals surface area contributed by atoms with Gasteiger partial charge in [-0.3, -0.25) is 14.2 Å². The van der Waals surface area contributed by atoms with Crippen LogP contribution in [0.1, 0.15) is 37.9 Å². The highest BCUT2D eigenvalue weighted by atomic mass is 32.1. The number of Topliss-reactive ketones (excluding diaryl/α,β-unsaturated/α-hetero) is 1. The highest BCUT2D eigenvalue weighted by Gasteiger charge is 2.12. The smallest absolute Gasteiger partial charge is 0.262 e. The second kappa shape index (κ2) is 5.65. The van der Waals surface area contributed by atoms with Gasteiger partial charge in [-0.25, -0.2) is 4.98 Å². The Morgan fingerprint density at radius 3 is 2.68 bits per heavy atom. The van der Waals surface area contributed by atoms with Crippen molar-refractivity contribution in [2.24, 2.45) is 0 Å². The number of thiophene rings is 1. The van der Waals surface area contributed by atoms with E-state index in [4.69, 9.17) is 0 Å². The molecule has 2 aromatic rings. The molecule has 2 aromatic heterocycles. The van der Waals surface area contributed by atoms with Crippen molar-refractivity contribution in [2.45, 2.75) is 46.6 Å². The van der Waals surface area contributed by atoms with Crippen molar-refractivity contribution < 1.29 is 4.79 Å². The van der Waals surface area contributed by atoms with Crippen LogP contribution in [0, 0.1) is 0 Å². The van der Waals surface area contributed by atoms with Gasteiger partial charge < -0.3 is 0 Å². The third-order valence-corrected chi connectivity index (χ3v) is 4.31. The van der Waals surface area contributed by atoms with E-state index < -0.39 is 0 Å². The highest BCUT2D eigenvalue weighted by molar-refractivity contribution is 7.18. The largest absolute Gasteiger partial charge is 0.300 e. The second-order valence-corrected chi connectivity index (χ2v) is 5.69. The summed E-state index contributed by atoms with van der Waals surface area (Å²) in [4.78, 5) is 30.1. The molecule has 19 heavy (non-hydrogen) atoms. The summed E-state index contributed by atoms with van der Waals surface area (Å²) in [5, 5.41) is 0.683. The number of rotatable bonds is 5. The van der Waals surface area contributed by atoms with E-state index in [0.29, 0.717) is 24.8 Å². The Morgan fingerprint density at radius 2 is 2.11 bits per heavy atom. The van der Waals surface area contributed by atoms with Crippen molar-refractivity contribution in [3.05, 3.63) is 27.1 Å². The predicted molar refractivity (Wildman–Crippen MR) is 77.9 cm³/mol. The molecule has 0 amide bonds. The number of aromatic nitrogens is 2. The molecular weight excluding hydrogens is 260 g/mol. The van der Waals surface area contributed by atoms with Gasteiger partial charge in [0.1, 0.15) is 16.4 Å². The second-order valence-electron chi connectivity index (χ2n) is 4.58. The topological polar surface area (TPSA) is 52.0 Å². The molecule has 0 atom stereocenters. The molecule has 0 saturated carbocycles. The Kier molecular flexibility index (Phi) is 4.14. The molecule has 0 radical (unpaired) electrons. The fourth-order valence-corrected chi connectivity index (χ4v) is 3.03. The van der Waals surface area contributed by atoms with Crippen molar-refractivity contribution in [1.82, 2.24) is 9.55 Å². The number of carbonyl (C=O) groups excluding carboxylic acids is 1. The maximum absolute atomic E-state index is 12.5. The van der Waals surface area contributed by atoms with Crippen LogP contribution in [0.3, 0.4) is 0 Å². The van der Waals surface area contributed by atoms with Crippen LogP contribution in [0.4, 0.5) is 0 Å². The SMILES string of the molecule is CCc1cc2c(=O)n(CCC(C)=O)c(CC)nc2s1. The number of aryl methyl sites for hydroxylation is 2. The lowest BCUT2D eigenvalue weighted by atomic mass is 10.2. The van der Waals surface area contributed by atoms with Crippen LogP contribution in [0.25, 0.3) is 10.2 Å². The summed E-state index contributed by atoms with van der Waals surface area (Å²) in [6.45, 7) is 6.02. The van der Waals surface area contributed by atoms with Crippen LogP contribution in [0.15, 0.2) is 10.9 Å². The zero-order valence-electron chi connectivity index (χ0n) is 11.5. The fourth-order valence-electron chi connectivity index (χ4n) is 2.05. The average molecular weight is 278 g/mol. The summed E-state index contributed by atoms with van der Waals surface area (Å²) in [7, 11) is 0. The lowest BCUT2D eigenvalue weighted by Crippen LogP contribution is -2.25. The van der Waals surface area contributed by atoms with Crippen LogP contribution in [-0.4, -0.2) is 15.3 Å². The first-order chi connectivity index (χ1) is 9.06. The van der Waals surface area contributed by atoms with Gasteiger partial charge in [-0.2, -0.15) is 0 Å². The molecule has 102 valence electrons. The van der Waals surface area contributed by atoms with Gasteiger partial charge in [0.05, 0.1) is 5.39 Å². The number of hydrogen-bond acceptors (Lipinski definition) is 4. The van der Waals surface area contributed by atoms with Crippen molar-refractivity contribution in [3.63, 3.8) is 0 Å². The van der Waals surface area contributed by atoms with E-state index in [1.54, 1.807) is 22.8 Å². The zero-order valence-corrected chi connectivity index (χ0v) is 12.3. The van der Waals surface area contributed by atoms with Gasteiger partial charge in [-0.15, -0.1) is 11.3 Å². The summed E-state index contributed by atoms with van der Waals surface area (Å²) in [5.74, 6) is 0.858. The van der Waals surface area contributed by atoms with Crippen LogP contribution >= 0.6 is 11.3 Å². The quantitative estimate of drug-likeness (QED) is 0.844. The minimum absolute atomic E-state index is 0.0148. The third-order valence-electron chi connectivity index (χ3n) is 3.13. The van der Waals surface area contributed by atoms with E-state index in [-0.39, 0.29) is 11.3 Å². The van der Waals surface area contributed by atoms with Crippen LogP contribution in [-0.2, 0) is 24.2 Å². The summed E-state index contributed by atoms with van der Waals surface area (Å²) in [6.07, 6.45) is 1.99. The molecule has 0 aliphatic carbocycles. The lowest BCUT2D eigenvalue weighted by molar-refractivity contribution is -0.117. The van der Waals surface area contributed by atoms with E-state index in [9.17, 15) is 9.59 Å². The molecule has 2 heterocycles. The average Bonchev–Trinajstić information content (AvgIpc) is 2.80. The number of hydrogen-bond donors (Lipinski definition) is 0. The number of nitrogens with zero attached hydrogens (tertiary/aromatic N) is 2. The van der Waals surface area contributed by atoms with Gasteiger partial charge in [-0.05, 0) is 19.4 Å². The first kappa shape index (κ1) is 13.9. The van der Waals surface area contributed by atoms with Crippen molar-refractivity contribution in [1.29, 1.82) is 0 Å². The Balaban J connectivity index is 2.57. The van der Waals surface area contributed by atoms with Gasteiger partial charge >= 0.3 is 0 Å². The van der Waals surface area contributed by atoms with Crippen molar-refractivity contribution in [2.75, 3.05) is 0 Å². The molecular formula is C14H18N2O2S. The molecule has 4 nitrogen and oxygen atoms in total. The minimum Gasteiger partial charge on any atom is -0.300 e. The van der Waals surface area contributed by atoms with E-state index in [1.807, 2.05) is 13.0 Å². The molecule has 0 aliphatic heterocycles. The normalized spacial score (nSPS) is 11.1. The first-order valence-corrected chi connectivity index (χ1v) is 7.40. The monoisotopic (exact) mass is 278 g/mol. The summed E-state index contributed by atoms with van der Waals surface area (Å²) >= 11 is 1.58. The van der Waals surface area contributed by atoms with Gasteiger partial charge in [-0.1, -0.05) is 13.8 Å². The third kappa shape index (κ3) is 2.76. The van der Waals surface area contributed by atoms with Crippen LogP contribution < -0.4 is 5.56 Å². The van der Waals surface area contributed by atoms with Crippen molar-refractivity contribution in [3.8, 4) is 0 Å². The molecule has 0 spiro atoms. The van der Waals surface area contributed by atoms with Crippen molar-refractivity contribution >= 4 is 27.3 Å². The Hall–Kier alpha value is -1.49.